The fraction of sp³-hybridized carbons (Fsp3) is 0.444. The lowest BCUT2D eigenvalue weighted by atomic mass is 10.1. The number of hydrogen-bond acceptors (Lipinski definition) is 5. The Hall–Kier alpha value is -2.90. The zero-order valence-corrected chi connectivity index (χ0v) is 15.0. The molecule has 26 heavy (non-hydrogen) atoms. The minimum atomic E-state index is -0.714. The van der Waals surface area contributed by atoms with Gasteiger partial charge in [-0.1, -0.05) is 12.1 Å². The number of rotatable bonds is 4. The zero-order chi connectivity index (χ0) is 19.3. The lowest BCUT2D eigenvalue weighted by Gasteiger charge is -2.21. The fourth-order valence-electron chi connectivity index (χ4n) is 2.34. The largest absolute Gasteiger partial charge is 0.444 e. The molecule has 8 heteroatoms. The summed E-state index contributed by atoms with van der Waals surface area (Å²) in [6.07, 6.45) is -0.0301. The maximum absolute atomic E-state index is 12.2. The molecule has 140 valence electrons. The van der Waals surface area contributed by atoms with E-state index in [0.717, 1.165) is 5.56 Å². The van der Waals surface area contributed by atoms with Crippen LogP contribution in [0.1, 0.15) is 49.5 Å². The molecule has 2 rings (SSSR count). The van der Waals surface area contributed by atoms with Gasteiger partial charge in [-0.25, -0.2) is 4.79 Å². The number of piperidine rings is 1. The van der Waals surface area contributed by atoms with Crippen LogP contribution in [-0.2, 0) is 20.9 Å². The molecule has 0 aromatic heterocycles. The lowest BCUT2D eigenvalue weighted by Crippen LogP contribution is -2.52. The van der Waals surface area contributed by atoms with E-state index in [1.54, 1.807) is 45.0 Å². The summed E-state index contributed by atoms with van der Waals surface area (Å²) in [6, 6.07) is 5.91. The quantitative estimate of drug-likeness (QED) is 0.699. The first-order chi connectivity index (χ1) is 12.1. The Bertz CT molecular complexity index is 707. The Kier molecular flexibility index (Phi) is 5.97. The molecule has 0 aliphatic carbocycles. The minimum absolute atomic E-state index is 0.200. The van der Waals surface area contributed by atoms with Crippen LogP contribution in [0.4, 0.5) is 4.79 Å². The maximum atomic E-state index is 12.2. The first-order valence-electron chi connectivity index (χ1n) is 8.34. The van der Waals surface area contributed by atoms with Crippen molar-refractivity contribution in [2.45, 2.75) is 51.8 Å². The van der Waals surface area contributed by atoms with Crippen LogP contribution in [0, 0.1) is 0 Å². The maximum Gasteiger partial charge on any atom is 0.407 e. The van der Waals surface area contributed by atoms with Crippen molar-refractivity contribution >= 4 is 23.8 Å². The Balaban J connectivity index is 1.86. The van der Waals surface area contributed by atoms with E-state index >= 15 is 0 Å². The van der Waals surface area contributed by atoms with E-state index < -0.39 is 29.6 Å². The van der Waals surface area contributed by atoms with Crippen molar-refractivity contribution < 1.29 is 23.9 Å². The van der Waals surface area contributed by atoms with Crippen LogP contribution in [0.25, 0.3) is 0 Å². The predicted octanol–water partition coefficient (Wildman–Crippen LogP) is 1.25. The number of benzene rings is 1. The topological polar surface area (TPSA) is 114 Å². The van der Waals surface area contributed by atoms with Crippen molar-refractivity contribution in [2.24, 2.45) is 0 Å². The van der Waals surface area contributed by atoms with E-state index in [1.807, 2.05) is 0 Å². The predicted molar refractivity (Wildman–Crippen MR) is 93.2 cm³/mol. The zero-order valence-electron chi connectivity index (χ0n) is 15.0. The van der Waals surface area contributed by atoms with Crippen LogP contribution in [0.5, 0.6) is 0 Å². The van der Waals surface area contributed by atoms with Crippen molar-refractivity contribution in [1.29, 1.82) is 0 Å². The van der Waals surface area contributed by atoms with Gasteiger partial charge in [-0.3, -0.25) is 19.7 Å². The van der Waals surface area contributed by atoms with E-state index in [4.69, 9.17) is 4.74 Å². The summed E-state index contributed by atoms with van der Waals surface area (Å²) in [6.45, 7) is 5.61. The van der Waals surface area contributed by atoms with E-state index in [0.29, 0.717) is 5.56 Å². The second-order valence-corrected chi connectivity index (χ2v) is 7.03. The third kappa shape index (κ3) is 5.87. The Morgan fingerprint density at radius 2 is 1.85 bits per heavy atom. The Labute approximate surface area is 151 Å². The van der Waals surface area contributed by atoms with Gasteiger partial charge in [-0.15, -0.1) is 0 Å². The summed E-state index contributed by atoms with van der Waals surface area (Å²) in [7, 11) is 0. The molecule has 3 N–H and O–H groups in total. The molecule has 1 aromatic rings. The van der Waals surface area contributed by atoms with Gasteiger partial charge in [0.1, 0.15) is 11.6 Å². The van der Waals surface area contributed by atoms with Crippen LogP contribution in [0.15, 0.2) is 24.3 Å². The summed E-state index contributed by atoms with van der Waals surface area (Å²) >= 11 is 0. The number of carbonyl (C=O) groups is 4. The summed E-state index contributed by atoms with van der Waals surface area (Å²) in [5, 5.41) is 7.44. The number of nitrogens with one attached hydrogen (secondary N) is 3. The molecule has 0 saturated carbocycles. The van der Waals surface area contributed by atoms with Gasteiger partial charge < -0.3 is 15.4 Å². The summed E-state index contributed by atoms with van der Waals surface area (Å²) in [5.41, 5.74) is 0.617. The summed E-state index contributed by atoms with van der Waals surface area (Å²) < 4.78 is 5.15. The molecular weight excluding hydrogens is 338 g/mol. The first-order valence-corrected chi connectivity index (χ1v) is 8.34. The SMILES string of the molecule is CC(C)(C)OC(=O)NCc1ccc(C(=O)NC2CCC(=O)NC2=O)cc1. The molecule has 1 unspecified atom stereocenters. The highest BCUT2D eigenvalue weighted by atomic mass is 16.6. The van der Waals surface area contributed by atoms with Gasteiger partial charge in [-0.2, -0.15) is 0 Å². The average molecular weight is 361 g/mol. The van der Waals surface area contributed by atoms with Crippen molar-refractivity contribution in [3.8, 4) is 0 Å². The second kappa shape index (κ2) is 7.99. The van der Waals surface area contributed by atoms with Gasteiger partial charge in [0.05, 0.1) is 0 Å². The van der Waals surface area contributed by atoms with Crippen molar-refractivity contribution in [2.75, 3.05) is 0 Å². The van der Waals surface area contributed by atoms with Crippen LogP contribution >= 0.6 is 0 Å². The lowest BCUT2D eigenvalue weighted by molar-refractivity contribution is -0.134. The number of alkyl carbamates (subject to hydrolysis) is 1. The summed E-state index contributed by atoms with van der Waals surface area (Å²) in [5.74, 6) is -1.22. The molecule has 1 aromatic carbocycles. The normalized spacial score (nSPS) is 17.3. The molecule has 0 bridgehead atoms. The Morgan fingerprint density at radius 3 is 2.42 bits per heavy atom. The molecule has 1 saturated heterocycles. The summed E-state index contributed by atoms with van der Waals surface area (Å²) in [4.78, 5) is 46.6. The van der Waals surface area contributed by atoms with Crippen molar-refractivity contribution in [3.05, 3.63) is 35.4 Å². The van der Waals surface area contributed by atoms with Gasteiger partial charge in [0, 0.05) is 18.5 Å². The van der Waals surface area contributed by atoms with Crippen molar-refractivity contribution in [1.82, 2.24) is 16.0 Å². The number of carbonyl (C=O) groups excluding carboxylic acids is 4. The van der Waals surface area contributed by atoms with Crippen LogP contribution in [-0.4, -0.2) is 35.5 Å². The monoisotopic (exact) mass is 361 g/mol. The van der Waals surface area contributed by atoms with E-state index in [1.165, 1.54) is 0 Å². The highest BCUT2D eigenvalue weighted by Gasteiger charge is 2.28. The number of amides is 4. The number of ether oxygens (including phenoxy) is 1. The third-order valence-electron chi connectivity index (χ3n) is 3.60. The molecule has 4 amide bonds. The Morgan fingerprint density at radius 1 is 1.19 bits per heavy atom. The van der Waals surface area contributed by atoms with Gasteiger partial charge in [-0.05, 0) is 44.9 Å². The van der Waals surface area contributed by atoms with E-state index in [9.17, 15) is 19.2 Å². The molecule has 8 nitrogen and oxygen atoms in total. The van der Waals surface area contributed by atoms with Crippen LogP contribution in [0.3, 0.4) is 0 Å². The van der Waals surface area contributed by atoms with Gasteiger partial charge in [0.15, 0.2) is 0 Å². The molecule has 1 fully saturated rings. The molecule has 1 aliphatic heterocycles. The van der Waals surface area contributed by atoms with Gasteiger partial charge in [0.2, 0.25) is 11.8 Å². The smallest absolute Gasteiger partial charge is 0.407 e. The number of hydrogen-bond donors (Lipinski definition) is 3. The average Bonchev–Trinajstić information content (AvgIpc) is 2.54. The molecule has 1 aliphatic rings. The molecule has 1 atom stereocenters. The minimum Gasteiger partial charge on any atom is -0.444 e. The number of imide groups is 1. The third-order valence-corrected chi connectivity index (χ3v) is 3.60. The first kappa shape index (κ1) is 19.4. The highest BCUT2D eigenvalue weighted by Crippen LogP contribution is 2.09. The van der Waals surface area contributed by atoms with Crippen molar-refractivity contribution in [3.63, 3.8) is 0 Å². The standard InChI is InChI=1S/C18H23N3O5/c1-18(2,3)26-17(25)19-10-11-4-6-12(7-5-11)15(23)20-13-8-9-14(22)21-16(13)24/h4-7,13H,8-10H2,1-3H3,(H,19,25)(H,20,23)(H,21,22,24). The van der Waals surface area contributed by atoms with Gasteiger partial charge in [0.25, 0.3) is 5.91 Å². The van der Waals surface area contributed by atoms with E-state index in [-0.39, 0.29) is 25.3 Å². The molecule has 0 spiro atoms. The van der Waals surface area contributed by atoms with Crippen LogP contribution < -0.4 is 16.0 Å². The van der Waals surface area contributed by atoms with E-state index in [2.05, 4.69) is 16.0 Å². The molecular formula is C18H23N3O5. The van der Waals surface area contributed by atoms with Crippen LogP contribution in [0.2, 0.25) is 0 Å². The highest BCUT2D eigenvalue weighted by molar-refractivity contribution is 6.03. The fourth-order valence-corrected chi connectivity index (χ4v) is 2.34. The molecule has 1 heterocycles. The molecule has 0 radical (unpaired) electrons. The van der Waals surface area contributed by atoms with Gasteiger partial charge >= 0.3 is 6.09 Å². The second-order valence-electron chi connectivity index (χ2n) is 7.03.